The van der Waals surface area contributed by atoms with E-state index in [9.17, 15) is 13.2 Å². The first-order valence-corrected chi connectivity index (χ1v) is 11.8. The van der Waals surface area contributed by atoms with Gasteiger partial charge in [0.25, 0.3) is 0 Å². The number of hydrogen-bond donors (Lipinski definition) is 0. The molecule has 1 aliphatic rings. The molecule has 1 atom stereocenters. The van der Waals surface area contributed by atoms with Crippen LogP contribution < -0.4 is 0 Å². The van der Waals surface area contributed by atoms with Gasteiger partial charge in [-0.15, -0.1) is 0 Å². The number of methoxy groups -OCH3 is 1. The molecule has 0 aliphatic carbocycles. The minimum absolute atomic E-state index is 0.211. The molecule has 1 aliphatic heterocycles. The summed E-state index contributed by atoms with van der Waals surface area (Å²) in [5.74, 6) is -0.701. The van der Waals surface area contributed by atoms with Gasteiger partial charge in [0.1, 0.15) is 0 Å². The van der Waals surface area contributed by atoms with E-state index in [-0.39, 0.29) is 6.42 Å². The third kappa shape index (κ3) is 4.79. The number of hydrogen-bond acceptors (Lipinski definition) is 6. The van der Waals surface area contributed by atoms with Gasteiger partial charge in [-0.2, -0.15) is 0 Å². The summed E-state index contributed by atoms with van der Waals surface area (Å²) in [4.78, 5) is 18.3. The molecule has 0 spiro atoms. The van der Waals surface area contributed by atoms with Crippen LogP contribution in [0.5, 0.6) is 0 Å². The molecule has 0 radical (unpaired) electrons. The fourth-order valence-electron chi connectivity index (χ4n) is 3.62. The number of rotatable bonds is 7. The van der Waals surface area contributed by atoms with Crippen LogP contribution in [-0.4, -0.2) is 62.0 Å². The fourth-order valence-corrected chi connectivity index (χ4v) is 4.47. The van der Waals surface area contributed by atoms with Crippen molar-refractivity contribution in [1.29, 1.82) is 0 Å². The Bertz CT molecular complexity index is 1020. The molecular formula is C23H28N2O4S. The lowest BCUT2D eigenvalue weighted by Gasteiger charge is -2.31. The predicted octanol–water partition coefficient (Wildman–Crippen LogP) is 3.20. The standard InChI is InChI=1S/C23H28N2O4S/c1-23(22(26)29-2,30(3,27)28)12-17-25-15-10-21(11-16-25)19-6-4-18(5-7-19)20-8-13-24-14-9-20/h4-10,13-14H,11-12,15-17H2,1-3H3. The molecule has 1 unspecified atom stereocenters. The average molecular weight is 429 g/mol. The van der Waals surface area contributed by atoms with Crippen molar-refractivity contribution in [2.24, 2.45) is 0 Å². The highest BCUT2D eigenvalue weighted by Gasteiger charge is 2.44. The molecule has 0 fully saturated rings. The number of carbonyl (C=O) groups is 1. The fraction of sp³-hybridized carbons (Fsp3) is 0.391. The molecule has 3 rings (SSSR count). The zero-order valence-corrected chi connectivity index (χ0v) is 18.5. The zero-order valence-electron chi connectivity index (χ0n) is 17.7. The van der Waals surface area contributed by atoms with Crippen molar-refractivity contribution in [2.45, 2.75) is 24.5 Å². The number of esters is 1. The summed E-state index contributed by atoms with van der Waals surface area (Å²) in [5, 5.41) is 0. The van der Waals surface area contributed by atoms with E-state index in [0.29, 0.717) is 6.54 Å². The van der Waals surface area contributed by atoms with Gasteiger partial charge in [-0.05, 0) is 54.2 Å². The Hall–Kier alpha value is -2.51. The van der Waals surface area contributed by atoms with Crippen LogP contribution >= 0.6 is 0 Å². The molecule has 0 amide bonds. The molecule has 1 aromatic heterocycles. The molecule has 6 nitrogen and oxygen atoms in total. The largest absolute Gasteiger partial charge is 0.468 e. The van der Waals surface area contributed by atoms with Crippen LogP contribution in [0.2, 0.25) is 0 Å². The molecule has 0 saturated carbocycles. The van der Waals surface area contributed by atoms with E-state index in [0.717, 1.165) is 36.9 Å². The Morgan fingerprint density at radius 2 is 1.70 bits per heavy atom. The van der Waals surface area contributed by atoms with Crippen LogP contribution in [-0.2, 0) is 19.4 Å². The topological polar surface area (TPSA) is 76.6 Å². The van der Waals surface area contributed by atoms with Gasteiger partial charge < -0.3 is 4.74 Å². The third-order valence-electron chi connectivity index (χ3n) is 5.90. The van der Waals surface area contributed by atoms with Crippen molar-refractivity contribution < 1.29 is 17.9 Å². The molecule has 2 heterocycles. The second kappa shape index (κ2) is 9.10. The lowest BCUT2D eigenvalue weighted by molar-refractivity contribution is -0.143. The van der Waals surface area contributed by atoms with E-state index in [4.69, 9.17) is 4.74 Å². The van der Waals surface area contributed by atoms with Gasteiger partial charge in [-0.1, -0.05) is 30.3 Å². The highest BCUT2D eigenvalue weighted by Crippen LogP contribution is 2.27. The Morgan fingerprint density at radius 3 is 2.23 bits per heavy atom. The van der Waals surface area contributed by atoms with E-state index in [1.807, 2.05) is 12.1 Å². The molecule has 30 heavy (non-hydrogen) atoms. The highest BCUT2D eigenvalue weighted by molar-refractivity contribution is 7.92. The number of nitrogens with zero attached hydrogens (tertiary/aromatic N) is 2. The van der Waals surface area contributed by atoms with E-state index in [1.165, 1.54) is 25.2 Å². The maximum atomic E-state index is 12.2. The zero-order chi connectivity index (χ0) is 21.8. The van der Waals surface area contributed by atoms with Crippen molar-refractivity contribution in [3.8, 4) is 11.1 Å². The molecule has 1 aromatic carbocycles. The summed E-state index contributed by atoms with van der Waals surface area (Å²) in [6.07, 6.45) is 7.94. The van der Waals surface area contributed by atoms with Crippen LogP contribution in [0, 0.1) is 0 Å². The quantitative estimate of drug-likeness (QED) is 0.631. The van der Waals surface area contributed by atoms with Gasteiger partial charge in [0, 0.05) is 38.3 Å². The molecule has 160 valence electrons. The van der Waals surface area contributed by atoms with Crippen LogP contribution in [0.15, 0.2) is 54.9 Å². The monoisotopic (exact) mass is 428 g/mol. The number of ether oxygens (including phenoxy) is 1. The van der Waals surface area contributed by atoms with E-state index < -0.39 is 20.6 Å². The molecule has 0 bridgehead atoms. The van der Waals surface area contributed by atoms with Crippen molar-refractivity contribution in [3.05, 3.63) is 60.4 Å². The second-order valence-electron chi connectivity index (χ2n) is 7.84. The Morgan fingerprint density at radius 1 is 1.10 bits per heavy atom. The van der Waals surface area contributed by atoms with Crippen molar-refractivity contribution in [1.82, 2.24) is 9.88 Å². The predicted molar refractivity (Wildman–Crippen MR) is 119 cm³/mol. The van der Waals surface area contributed by atoms with Crippen LogP contribution in [0.4, 0.5) is 0 Å². The summed E-state index contributed by atoms with van der Waals surface area (Å²) in [7, 11) is -2.35. The van der Waals surface area contributed by atoms with E-state index in [2.05, 4.69) is 40.2 Å². The number of carbonyl (C=O) groups excluding carboxylic acids is 1. The minimum atomic E-state index is -3.58. The highest BCUT2D eigenvalue weighted by atomic mass is 32.2. The first-order valence-electron chi connectivity index (χ1n) is 9.95. The maximum Gasteiger partial charge on any atom is 0.326 e. The summed E-state index contributed by atoms with van der Waals surface area (Å²) in [6.45, 7) is 3.51. The maximum absolute atomic E-state index is 12.2. The first kappa shape index (κ1) is 22.2. The number of benzene rings is 1. The summed E-state index contributed by atoms with van der Waals surface area (Å²) >= 11 is 0. The van der Waals surface area contributed by atoms with E-state index in [1.54, 1.807) is 12.4 Å². The molecule has 2 aromatic rings. The Balaban J connectivity index is 1.63. The van der Waals surface area contributed by atoms with E-state index >= 15 is 0 Å². The lowest BCUT2D eigenvalue weighted by atomic mass is 9.96. The summed E-state index contributed by atoms with van der Waals surface area (Å²) in [6, 6.07) is 12.5. The smallest absolute Gasteiger partial charge is 0.326 e. The molecule has 7 heteroatoms. The summed E-state index contributed by atoms with van der Waals surface area (Å²) < 4.78 is 27.5. The Labute approximate surface area is 178 Å². The van der Waals surface area contributed by atoms with Gasteiger partial charge in [0.05, 0.1) is 7.11 Å². The van der Waals surface area contributed by atoms with Gasteiger partial charge in [-0.25, -0.2) is 8.42 Å². The minimum Gasteiger partial charge on any atom is -0.468 e. The number of aromatic nitrogens is 1. The van der Waals surface area contributed by atoms with Gasteiger partial charge >= 0.3 is 5.97 Å². The van der Waals surface area contributed by atoms with Gasteiger partial charge in [0.2, 0.25) is 0 Å². The van der Waals surface area contributed by atoms with Gasteiger partial charge in [0.15, 0.2) is 14.6 Å². The van der Waals surface area contributed by atoms with Gasteiger partial charge in [-0.3, -0.25) is 14.7 Å². The third-order valence-corrected chi connectivity index (χ3v) is 7.91. The molecule has 0 N–H and O–H groups in total. The molecular weight excluding hydrogens is 400 g/mol. The molecule has 0 saturated heterocycles. The van der Waals surface area contributed by atoms with Crippen molar-refractivity contribution >= 4 is 21.4 Å². The normalized spacial score (nSPS) is 17.1. The SMILES string of the molecule is COC(=O)C(C)(CCN1CC=C(c2ccc(-c3ccncc3)cc2)CC1)S(C)(=O)=O. The first-order chi connectivity index (χ1) is 14.2. The number of sulfone groups is 1. The lowest BCUT2D eigenvalue weighted by Crippen LogP contribution is -2.46. The second-order valence-corrected chi connectivity index (χ2v) is 10.3. The van der Waals surface area contributed by atoms with Crippen LogP contribution in [0.3, 0.4) is 0 Å². The van der Waals surface area contributed by atoms with Crippen LogP contribution in [0.1, 0.15) is 25.3 Å². The number of pyridine rings is 1. The Kier molecular flexibility index (Phi) is 6.73. The van der Waals surface area contributed by atoms with Crippen molar-refractivity contribution in [2.75, 3.05) is 33.0 Å². The summed E-state index contributed by atoms with van der Waals surface area (Å²) in [5.41, 5.74) is 4.77. The van der Waals surface area contributed by atoms with Crippen LogP contribution in [0.25, 0.3) is 16.7 Å². The average Bonchev–Trinajstić information content (AvgIpc) is 2.77. The van der Waals surface area contributed by atoms with Crippen molar-refractivity contribution in [3.63, 3.8) is 0 Å².